The molecule has 0 unspecified atom stereocenters. The summed E-state index contributed by atoms with van der Waals surface area (Å²) in [5.74, 6) is 0.303. The van der Waals surface area contributed by atoms with E-state index < -0.39 is 0 Å². The van der Waals surface area contributed by atoms with Crippen LogP contribution >= 0.6 is 0 Å². The van der Waals surface area contributed by atoms with Gasteiger partial charge in [-0.15, -0.1) is 0 Å². The lowest BCUT2D eigenvalue weighted by molar-refractivity contribution is -0.129. The molecule has 2 heterocycles. The number of ether oxygens (including phenoxy) is 2. The van der Waals surface area contributed by atoms with Crippen LogP contribution in [0, 0.1) is 5.41 Å². The molecule has 5 nitrogen and oxygen atoms in total. The summed E-state index contributed by atoms with van der Waals surface area (Å²) in [5.41, 5.74) is 1.42. The second-order valence-corrected chi connectivity index (χ2v) is 8.04. The van der Waals surface area contributed by atoms with Gasteiger partial charge in [0.2, 0.25) is 5.91 Å². The quantitative estimate of drug-likeness (QED) is 0.738. The lowest BCUT2D eigenvalue weighted by Gasteiger charge is -2.40. The van der Waals surface area contributed by atoms with Gasteiger partial charge in [-0.1, -0.05) is 6.08 Å². The molecule has 2 saturated heterocycles. The van der Waals surface area contributed by atoms with E-state index in [0.717, 1.165) is 70.6 Å². The van der Waals surface area contributed by atoms with E-state index in [1.165, 1.54) is 19.3 Å². The van der Waals surface area contributed by atoms with Gasteiger partial charge in [-0.05, 0) is 50.4 Å². The third kappa shape index (κ3) is 4.44. The maximum Gasteiger partial charge on any atom is 0.249 e. The molecule has 142 valence electrons. The molecule has 3 aliphatic rings. The van der Waals surface area contributed by atoms with Crippen molar-refractivity contribution in [2.75, 3.05) is 53.6 Å². The minimum Gasteiger partial charge on any atom is -0.383 e. The van der Waals surface area contributed by atoms with Gasteiger partial charge < -0.3 is 14.4 Å². The van der Waals surface area contributed by atoms with Gasteiger partial charge in [-0.2, -0.15) is 0 Å². The summed E-state index contributed by atoms with van der Waals surface area (Å²) >= 11 is 0. The van der Waals surface area contributed by atoms with Gasteiger partial charge in [0.15, 0.2) is 0 Å². The Labute approximate surface area is 152 Å². The van der Waals surface area contributed by atoms with Crippen LogP contribution in [0.2, 0.25) is 0 Å². The SMILES string of the molecule is COCCN1CC2(CCN(C(=O)C3=CCCCC3)CC2)C[C@@H]1COC. The molecule has 1 atom stereocenters. The molecule has 0 radical (unpaired) electrons. The average molecular weight is 351 g/mol. The number of piperidine rings is 1. The number of hydrogen-bond donors (Lipinski definition) is 0. The zero-order valence-electron chi connectivity index (χ0n) is 16.0. The van der Waals surface area contributed by atoms with Crippen molar-refractivity contribution in [1.82, 2.24) is 9.80 Å². The van der Waals surface area contributed by atoms with Crippen molar-refractivity contribution in [3.63, 3.8) is 0 Å². The molecule has 0 aromatic heterocycles. The fourth-order valence-corrected chi connectivity index (χ4v) is 4.86. The molecule has 3 rings (SSSR count). The van der Waals surface area contributed by atoms with Crippen LogP contribution in [0.25, 0.3) is 0 Å². The monoisotopic (exact) mass is 350 g/mol. The van der Waals surface area contributed by atoms with Crippen LogP contribution in [0.15, 0.2) is 11.6 Å². The lowest BCUT2D eigenvalue weighted by atomic mass is 9.76. The minimum atomic E-state index is 0.303. The lowest BCUT2D eigenvalue weighted by Crippen LogP contribution is -2.45. The van der Waals surface area contributed by atoms with Gasteiger partial charge in [0.1, 0.15) is 0 Å². The van der Waals surface area contributed by atoms with Gasteiger partial charge in [-0.25, -0.2) is 0 Å². The molecule has 0 aromatic rings. The van der Waals surface area contributed by atoms with E-state index in [1.54, 1.807) is 14.2 Å². The van der Waals surface area contributed by atoms with Crippen LogP contribution in [0.4, 0.5) is 0 Å². The number of hydrogen-bond acceptors (Lipinski definition) is 4. The Kier molecular flexibility index (Phi) is 6.53. The molecule has 0 bridgehead atoms. The van der Waals surface area contributed by atoms with Crippen molar-refractivity contribution in [3.05, 3.63) is 11.6 Å². The van der Waals surface area contributed by atoms with Crippen LogP contribution in [-0.2, 0) is 14.3 Å². The number of allylic oxidation sites excluding steroid dienone is 1. The first-order valence-electron chi connectivity index (χ1n) is 9.88. The zero-order valence-corrected chi connectivity index (χ0v) is 16.0. The standard InChI is InChI=1S/C20H34N2O3/c1-24-13-12-22-16-20(14-18(22)15-25-2)8-10-21(11-9-20)19(23)17-6-4-3-5-7-17/h6,18H,3-5,7-16H2,1-2H3/t18-/m1/s1. The van der Waals surface area contributed by atoms with E-state index in [1.807, 2.05) is 0 Å². The Morgan fingerprint density at radius 2 is 2.04 bits per heavy atom. The molecule has 5 heteroatoms. The molecule has 2 fully saturated rings. The highest BCUT2D eigenvalue weighted by Crippen LogP contribution is 2.43. The first-order valence-corrected chi connectivity index (χ1v) is 9.88. The summed E-state index contributed by atoms with van der Waals surface area (Å²) < 4.78 is 10.7. The Hall–Kier alpha value is -0.910. The number of nitrogens with zero attached hydrogens (tertiary/aromatic N) is 2. The van der Waals surface area contributed by atoms with Crippen LogP contribution in [0.3, 0.4) is 0 Å². The second kappa shape index (κ2) is 8.65. The third-order valence-corrected chi connectivity index (χ3v) is 6.34. The van der Waals surface area contributed by atoms with Crippen molar-refractivity contribution in [3.8, 4) is 0 Å². The van der Waals surface area contributed by atoms with Crippen LogP contribution in [0.1, 0.15) is 44.9 Å². The van der Waals surface area contributed by atoms with E-state index in [0.29, 0.717) is 17.4 Å². The van der Waals surface area contributed by atoms with E-state index in [9.17, 15) is 4.79 Å². The van der Waals surface area contributed by atoms with Gasteiger partial charge in [0.25, 0.3) is 0 Å². The molecule has 0 aromatic carbocycles. The molecule has 25 heavy (non-hydrogen) atoms. The fourth-order valence-electron chi connectivity index (χ4n) is 4.86. The van der Waals surface area contributed by atoms with Gasteiger partial charge in [0.05, 0.1) is 13.2 Å². The first-order chi connectivity index (χ1) is 12.2. The van der Waals surface area contributed by atoms with Gasteiger partial charge in [-0.3, -0.25) is 9.69 Å². The average Bonchev–Trinajstić information content (AvgIpc) is 2.98. The summed E-state index contributed by atoms with van der Waals surface area (Å²) in [6, 6.07) is 0.489. The summed E-state index contributed by atoms with van der Waals surface area (Å²) in [7, 11) is 3.56. The Balaban J connectivity index is 1.57. The maximum atomic E-state index is 12.7. The Morgan fingerprint density at radius 3 is 2.68 bits per heavy atom. The number of carbonyl (C=O) groups is 1. The number of methoxy groups -OCH3 is 2. The second-order valence-electron chi connectivity index (χ2n) is 8.04. The molecule has 1 aliphatic carbocycles. The van der Waals surface area contributed by atoms with Crippen molar-refractivity contribution < 1.29 is 14.3 Å². The number of rotatable bonds is 6. The number of carbonyl (C=O) groups excluding carboxylic acids is 1. The van der Waals surface area contributed by atoms with Gasteiger partial charge >= 0.3 is 0 Å². The molecule has 1 spiro atoms. The summed E-state index contributed by atoms with van der Waals surface area (Å²) in [5, 5.41) is 0. The minimum absolute atomic E-state index is 0.303. The first kappa shape index (κ1) is 18.9. The number of amides is 1. The van der Waals surface area contributed by atoms with Crippen LogP contribution in [0.5, 0.6) is 0 Å². The molecular formula is C20H34N2O3. The van der Waals surface area contributed by atoms with E-state index in [4.69, 9.17) is 9.47 Å². The van der Waals surface area contributed by atoms with Crippen LogP contribution < -0.4 is 0 Å². The topological polar surface area (TPSA) is 42.0 Å². The zero-order chi connectivity index (χ0) is 17.7. The van der Waals surface area contributed by atoms with Crippen molar-refractivity contribution in [2.45, 2.75) is 51.0 Å². The largest absolute Gasteiger partial charge is 0.383 e. The normalized spacial score (nSPS) is 26.9. The number of likely N-dealkylation sites (tertiary alicyclic amines) is 2. The van der Waals surface area contributed by atoms with Crippen molar-refractivity contribution >= 4 is 5.91 Å². The predicted molar refractivity (Wildman–Crippen MR) is 98.5 cm³/mol. The predicted octanol–water partition coefficient (Wildman–Crippen LogP) is 2.46. The molecular weight excluding hydrogens is 316 g/mol. The van der Waals surface area contributed by atoms with E-state index in [2.05, 4.69) is 15.9 Å². The molecule has 0 N–H and O–H groups in total. The third-order valence-electron chi connectivity index (χ3n) is 6.34. The highest BCUT2D eigenvalue weighted by Gasteiger charge is 2.45. The van der Waals surface area contributed by atoms with Crippen LogP contribution in [-0.4, -0.2) is 75.4 Å². The summed E-state index contributed by atoms with van der Waals surface area (Å²) in [6.45, 7) is 5.48. The Bertz CT molecular complexity index is 483. The Morgan fingerprint density at radius 1 is 1.24 bits per heavy atom. The highest BCUT2D eigenvalue weighted by molar-refractivity contribution is 5.93. The van der Waals surface area contributed by atoms with E-state index >= 15 is 0 Å². The summed E-state index contributed by atoms with van der Waals surface area (Å²) in [6.07, 6.45) is 10.1. The fraction of sp³-hybridized carbons (Fsp3) is 0.850. The molecule has 2 aliphatic heterocycles. The van der Waals surface area contributed by atoms with Gasteiger partial charge in [0, 0.05) is 52.0 Å². The van der Waals surface area contributed by atoms with Crippen molar-refractivity contribution in [2.24, 2.45) is 5.41 Å². The highest BCUT2D eigenvalue weighted by atomic mass is 16.5. The smallest absolute Gasteiger partial charge is 0.249 e. The van der Waals surface area contributed by atoms with E-state index in [-0.39, 0.29) is 0 Å². The molecule has 1 amide bonds. The molecule has 0 saturated carbocycles. The van der Waals surface area contributed by atoms with Crippen molar-refractivity contribution in [1.29, 1.82) is 0 Å². The maximum absolute atomic E-state index is 12.7. The summed E-state index contributed by atoms with van der Waals surface area (Å²) in [4.78, 5) is 17.4.